The lowest BCUT2D eigenvalue weighted by Crippen LogP contribution is -2.52. The summed E-state index contributed by atoms with van der Waals surface area (Å²) in [7, 11) is 0. The summed E-state index contributed by atoms with van der Waals surface area (Å²) in [6, 6.07) is 8.27. The zero-order valence-electron chi connectivity index (χ0n) is 10.3. The topological polar surface area (TPSA) is 23.6 Å². The molecule has 0 aromatic heterocycles. The average Bonchev–Trinajstić information content (AvgIpc) is 2.85. The average molecular weight is 309 g/mol. The first kappa shape index (κ1) is 12.2. The van der Waals surface area contributed by atoms with E-state index >= 15 is 0 Å². The number of halogens is 1. The van der Waals surface area contributed by atoms with Crippen LogP contribution in [0, 0.1) is 0 Å². The predicted molar refractivity (Wildman–Crippen MR) is 74.6 cm³/mol. The van der Waals surface area contributed by atoms with Crippen molar-refractivity contribution in [2.24, 2.45) is 0 Å². The van der Waals surface area contributed by atoms with Crippen LogP contribution in [0.3, 0.4) is 0 Å². The number of hydrogen-bond donors (Lipinski definition) is 0. The Morgan fingerprint density at radius 3 is 3.00 bits per heavy atom. The molecule has 2 saturated heterocycles. The molecular formula is C14H17BrN2O. The van der Waals surface area contributed by atoms with E-state index in [1.54, 1.807) is 0 Å². The zero-order chi connectivity index (χ0) is 12.5. The summed E-state index contributed by atoms with van der Waals surface area (Å²) >= 11 is 3.42. The Balaban J connectivity index is 1.73. The van der Waals surface area contributed by atoms with Crippen molar-refractivity contribution in [3.8, 4) is 0 Å². The number of carbonyl (C=O) groups excluding carboxylic acids is 1. The van der Waals surface area contributed by atoms with Crippen LogP contribution in [0.5, 0.6) is 0 Å². The number of hydrogen-bond acceptors (Lipinski definition) is 2. The highest BCUT2D eigenvalue weighted by molar-refractivity contribution is 9.10. The molecule has 2 aliphatic heterocycles. The fourth-order valence-corrected chi connectivity index (χ4v) is 3.38. The number of nitrogens with zero attached hydrogens (tertiary/aromatic N) is 2. The van der Waals surface area contributed by atoms with Gasteiger partial charge in [-0.1, -0.05) is 22.0 Å². The van der Waals surface area contributed by atoms with Crippen molar-refractivity contribution in [3.05, 3.63) is 34.3 Å². The molecule has 0 N–H and O–H groups in total. The molecule has 2 heterocycles. The third-order valence-corrected chi connectivity index (χ3v) is 4.44. The summed E-state index contributed by atoms with van der Waals surface area (Å²) in [5.74, 6) is 0.169. The Hall–Kier alpha value is -0.870. The lowest BCUT2D eigenvalue weighted by molar-refractivity contribution is 0.0571. The molecule has 0 radical (unpaired) electrons. The van der Waals surface area contributed by atoms with Gasteiger partial charge < -0.3 is 4.90 Å². The van der Waals surface area contributed by atoms with E-state index in [9.17, 15) is 4.79 Å². The molecule has 1 aromatic rings. The number of piperazine rings is 1. The Morgan fingerprint density at radius 1 is 1.28 bits per heavy atom. The van der Waals surface area contributed by atoms with Crippen molar-refractivity contribution in [2.45, 2.75) is 18.9 Å². The van der Waals surface area contributed by atoms with Crippen LogP contribution in [0.15, 0.2) is 28.7 Å². The van der Waals surface area contributed by atoms with E-state index in [1.807, 2.05) is 29.2 Å². The van der Waals surface area contributed by atoms with Gasteiger partial charge in [0, 0.05) is 35.7 Å². The first-order valence-corrected chi connectivity index (χ1v) is 7.32. The summed E-state index contributed by atoms with van der Waals surface area (Å²) in [5.41, 5.74) is 0.788. The molecule has 3 rings (SSSR count). The van der Waals surface area contributed by atoms with Crippen LogP contribution in [-0.2, 0) is 0 Å². The van der Waals surface area contributed by atoms with Gasteiger partial charge in [-0.15, -0.1) is 0 Å². The van der Waals surface area contributed by atoms with Gasteiger partial charge in [-0.3, -0.25) is 9.69 Å². The first-order valence-electron chi connectivity index (χ1n) is 6.53. The quantitative estimate of drug-likeness (QED) is 0.795. The molecule has 18 heavy (non-hydrogen) atoms. The molecule has 1 amide bonds. The number of rotatable bonds is 1. The second-order valence-electron chi connectivity index (χ2n) is 5.09. The number of benzene rings is 1. The van der Waals surface area contributed by atoms with E-state index in [2.05, 4.69) is 20.8 Å². The summed E-state index contributed by atoms with van der Waals surface area (Å²) in [6.45, 7) is 4.00. The fourth-order valence-electron chi connectivity index (χ4n) is 2.98. The van der Waals surface area contributed by atoms with Crippen LogP contribution >= 0.6 is 15.9 Å². The first-order chi connectivity index (χ1) is 8.74. The Kier molecular flexibility index (Phi) is 3.39. The van der Waals surface area contributed by atoms with Crippen LogP contribution in [-0.4, -0.2) is 47.9 Å². The van der Waals surface area contributed by atoms with E-state index in [4.69, 9.17) is 0 Å². The van der Waals surface area contributed by atoms with E-state index < -0.39 is 0 Å². The maximum atomic E-state index is 12.4. The lowest BCUT2D eigenvalue weighted by Gasteiger charge is -2.37. The second-order valence-corrected chi connectivity index (χ2v) is 6.01. The van der Waals surface area contributed by atoms with Crippen molar-refractivity contribution >= 4 is 21.8 Å². The standard InChI is InChI=1S/C14H17BrN2O/c15-12-4-1-3-11(9-12)14(18)17-8-7-16-6-2-5-13(16)10-17/h1,3-4,9,13H,2,5-8,10H2. The van der Waals surface area contributed by atoms with E-state index in [0.717, 1.165) is 29.7 Å². The summed E-state index contributed by atoms with van der Waals surface area (Å²) in [4.78, 5) is 17.0. The van der Waals surface area contributed by atoms with Gasteiger partial charge in [0.05, 0.1) is 0 Å². The highest BCUT2D eigenvalue weighted by atomic mass is 79.9. The largest absolute Gasteiger partial charge is 0.336 e. The van der Waals surface area contributed by atoms with Crippen LogP contribution in [0.4, 0.5) is 0 Å². The molecule has 0 aliphatic carbocycles. The smallest absolute Gasteiger partial charge is 0.253 e. The van der Waals surface area contributed by atoms with Gasteiger partial charge in [0.25, 0.3) is 5.91 Å². The molecule has 1 atom stereocenters. The highest BCUT2D eigenvalue weighted by Gasteiger charge is 2.32. The molecule has 0 spiro atoms. The Bertz CT molecular complexity index is 463. The van der Waals surface area contributed by atoms with E-state index in [1.165, 1.54) is 19.4 Å². The van der Waals surface area contributed by atoms with Gasteiger partial charge in [-0.05, 0) is 37.6 Å². The molecular weight excluding hydrogens is 292 g/mol. The summed E-state index contributed by atoms with van der Waals surface area (Å²) in [5, 5.41) is 0. The molecule has 2 aliphatic rings. The van der Waals surface area contributed by atoms with Gasteiger partial charge in [-0.25, -0.2) is 0 Å². The lowest BCUT2D eigenvalue weighted by atomic mass is 10.1. The normalized spacial score (nSPS) is 24.1. The predicted octanol–water partition coefficient (Wildman–Crippen LogP) is 2.37. The third kappa shape index (κ3) is 2.31. The molecule has 0 bridgehead atoms. The summed E-state index contributed by atoms with van der Waals surface area (Å²) in [6.07, 6.45) is 2.52. The third-order valence-electron chi connectivity index (χ3n) is 3.95. The van der Waals surface area contributed by atoms with Crippen LogP contribution in [0.1, 0.15) is 23.2 Å². The highest BCUT2D eigenvalue weighted by Crippen LogP contribution is 2.23. The minimum absolute atomic E-state index is 0.169. The molecule has 1 aromatic carbocycles. The molecule has 96 valence electrons. The van der Waals surface area contributed by atoms with Crippen molar-refractivity contribution in [1.82, 2.24) is 9.80 Å². The number of amides is 1. The van der Waals surface area contributed by atoms with Gasteiger partial charge in [0.15, 0.2) is 0 Å². The molecule has 1 unspecified atom stereocenters. The van der Waals surface area contributed by atoms with Crippen molar-refractivity contribution < 1.29 is 4.79 Å². The molecule has 3 nitrogen and oxygen atoms in total. The zero-order valence-corrected chi connectivity index (χ0v) is 11.9. The minimum Gasteiger partial charge on any atom is -0.336 e. The Labute approximate surface area is 116 Å². The van der Waals surface area contributed by atoms with Crippen molar-refractivity contribution in [3.63, 3.8) is 0 Å². The van der Waals surface area contributed by atoms with Gasteiger partial charge >= 0.3 is 0 Å². The van der Waals surface area contributed by atoms with Gasteiger partial charge in [-0.2, -0.15) is 0 Å². The van der Waals surface area contributed by atoms with Crippen LogP contribution in [0.2, 0.25) is 0 Å². The fraction of sp³-hybridized carbons (Fsp3) is 0.500. The van der Waals surface area contributed by atoms with E-state index in [-0.39, 0.29) is 5.91 Å². The monoisotopic (exact) mass is 308 g/mol. The maximum Gasteiger partial charge on any atom is 0.253 e. The van der Waals surface area contributed by atoms with E-state index in [0.29, 0.717) is 6.04 Å². The van der Waals surface area contributed by atoms with Crippen molar-refractivity contribution in [1.29, 1.82) is 0 Å². The second kappa shape index (κ2) is 5.02. The Morgan fingerprint density at radius 2 is 2.17 bits per heavy atom. The number of fused-ring (bicyclic) bond motifs is 1. The SMILES string of the molecule is O=C(c1cccc(Br)c1)N1CCN2CCCC2C1. The minimum atomic E-state index is 0.169. The molecule has 2 fully saturated rings. The van der Waals surface area contributed by atoms with Gasteiger partial charge in [0.1, 0.15) is 0 Å². The van der Waals surface area contributed by atoms with Crippen LogP contribution < -0.4 is 0 Å². The summed E-state index contributed by atoms with van der Waals surface area (Å²) < 4.78 is 0.966. The molecule has 0 saturated carbocycles. The maximum absolute atomic E-state index is 12.4. The van der Waals surface area contributed by atoms with Crippen molar-refractivity contribution in [2.75, 3.05) is 26.2 Å². The number of carbonyl (C=O) groups is 1. The van der Waals surface area contributed by atoms with Crippen LogP contribution in [0.25, 0.3) is 0 Å². The molecule has 4 heteroatoms. The van der Waals surface area contributed by atoms with Gasteiger partial charge in [0.2, 0.25) is 0 Å².